The Morgan fingerprint density at radius 3 is 2.26 bits per heavy atom. The zero-order valence-corrected chi connectivity index (χ0v) is 23.6. The van der Waals surface area contributed by atoms with Gasteiger partial charge in [-0.15, -0.1) is 0 Å². The molecule has 1 aliphatic carbocycles. The van der Waals surface area contributed by atoms with Gasteiger partial charge in [0.2, 0.25) is 16.0 Å². The number of nitrogens with zero attached hydrogens (tertiary/aromatic N) is 3. The number of hydrogen-bond donors (Lipinski definition) is 2. The number of aromatic nitrogens is 2. The molecule has 0 amide bonds. The predicted octanol–water partition coefficient (Wildman–Crippen LogP) is 4.69. The first-order valence-electron chi connectivity index (χ1n) is 13.4. The molecule has 0 atom stereocenters. The van der Waals surface area contributed by atoms with Crippen molar-refractivity contribution in [1.29, 1.82) is 0 Å². The highest BCUT2D eigenvalue weighted by Crippen LogP contribution is 2.31. The second-order valence-corrected chi connectivity index (χ2v) is 11.4. The molecule has 0 spiro atoms. The van der Waals surface area contributed by atoms with Crippen LogP contribution in [0.4, 0.5) is 11.8 Å². The summed E-state index contributed by atoms with van der Waals surface area (Å²) >= 11 is 0. The minimum Gasteiger partial charge on any atom is -0.497 e. The highest BCUT2D eigenvalue weighted by Gasteiger charge is 2.25. The Bertz CT molecular complexity index is 1320. The molecule has 0 aliphatic heterocycles. The van der Waals surface area contributed by atoms with Crippen molar-refractivity contribution >= 4 is 32.7 Å². The molecule has 9 nitrogen and oxygen atoms in total. The van der Waals surface area contributed by atoms with Crippen molar-refractivity contribution in [2.24, 2.45) is 11.8 Å². The number of ether oxygens (including phenoxy) is 2. The average Bonchev–Trinajstić information content (AvgIpc) is 2.95. The van der Waals surface area contributed by atoms with Crippen LogP contribution in [0.2, 0.25) is 0 Å². The van der Waals surface area contributed by atoms with Crippen molar-refractivity contribution in [3.05, 3.63) is 42.5 Å². The maximum absolute atomic E-state index is 13.0. The number of nitrogens with one attached hydrogen (secondary N) is 2. The second-order valence-electron chi connectivity index (χ2n) is 9.70. The topological polar surface area (TPSA) is 106 Å². The molecule has 1 fully saturated rings. The van der Waals surface area contributed by atoms with Crippen LogP contribution in [0.5, 0.6) is 11.5 Å². The van der Waals surface area contributed by atoms with Crippen molar-refractivity contribution < 1.29 is 17.9 Å². The van der Waals surface area contributed by atoms with Crippen LogP contribution in [-0.2, 0) is 10.0 Å². The molecule has 0 radical (unpaired) electrons. The minimum absolute atomic E-state index is 0.0942. The average molecular weight is 542 g/mol. The van der Waals surface area contributed by atoms with Gasteiger partial charge in [0.15, 0.2) is 0 Å². The van der Waals surface area contributed by atoms with Crippen LogP contribution in [0.3, 0.4) is 0 Å². The summed E-state index contributed by atoms with van der Waals surface area (Å²) < 4.78 is 39.2. The van der Waals surface area contributed by atoms with E-state index in [0.29, 0.717) is 35.8 Å². The van der Waals surface area contributed by atoms with Gasteiger partial charge in [-0.2, -0.15) is 4.98 Å². The Morgan fingerprint density at radius 2 is 1.61 bits per heavy atom. The van der Waals surface area contributed by atoms with Gasteiger partial charge in [-0.3, -0.25) is 0 Å². The number of benzene rings is 2. The Hall–Kier alpha value is -3.11. The first kappa shape index (κ1) is 27.9. The van der Waals surface area contributed by atoms with Crippen LogP contribution in [0.25, 0.3) is 10.9 Å². The third kappa shape index (κ3) is 6.47. The molecule has 0 saturated heterocycles. The van der Waals surface area contributed by atoms with E-state index in [1.165, 1.54) is 20.3 Å². The molecule has 2 aromatic carbocycles. The van der Waals surface area contributed by atoms with Crippen LogP contribution < -0.4 is 24.4 Å². The van der Waals surface area contributed by atoms with Crippen molar-refractivity contribution in [1.82, 2.24) is 14.7 Å². The van der Waals surface area contributed by atoms with Crippen molar-refractivity contribution in [2.45, 2.75) is 44.4 Å². The van der Waals surface area contributed by atoms with E-state index in [9.17, 15) is 8.42 Å². The first-order valence-corrected chi connectivity index (χ1v) is 14.8. The summed E-state index contributed by atoms with van der Waals surface area (Å²) in [7, 11) is -0.746. The van der Waals surface area contributed by atoms with Crippen LogP contribution in [0.1, 0.15) is 39.5 Å². The monoisotopic (exact) mass is 541 g/mol. The highest BCUT2D eigenvalue weighted by molar-refractivity contribution is 7.89. The number of sulfonamides is 1. The molecule has 206 valence electrons. The highest BCUT2D eigenvalue weighted by atomic mass is 32.2. The van der Waals surface area contributed by atoms with Gasteiger partial charge in [-0.1, -0.05) is 12.1 Å². The lowest BCUT2D eigenvalue weighted by Crippen LogP contribution is -2.32. The van der Waals surface area contributed by atoms with Gasteiger partial charge >= 0.3 is 0 Å². The van der Waals surface area contributed by atoms with E-state index in [-0.39, 0.29) is 4.90 Å². The molecule has 38 heavy (non-hydrogen) atoms. The van der Waals surface area contributed by atoms with Crippen LogP contribution in [0.15, 0.2) is 47.4 Å². The Morgan fingerprint density at radius 1 is 0.921 bits per heavy atom. The molecule has 3 aromatic rings. The molecule has 1 heterocycles. The molecule has 1 saturated carbocycles. The van der Waals surface area contributed by atoms with Crippen molar-refractivity contribution in [3.63, 3.8) is 0 Å². The third-order valence-corrected chi connectivity index (χ3v) is 8.83. The lowest BCUT2D eigenvalue weighted by atomic mass is 9.82. The smallest absolute Gasteiger partial charge is 0.244 e. The summed E-state index contributed by atoms with van der Waals surface area (Å²) in [5.74, 6) is 3.18. The molecular formula is C28H39N5O4S. The molecule has 2 N–H and O–H groups in total. The Kier molecular flexibility index (Phi) is 9.27. The van der Waals surface area contributed by atoms with E-state index in [1.807, 2.05) is 18.2 Å². The zero-order chi connectivity index (χ0) is 27.1. The number of rotatable bonds is 12. The number of para-hydroxylation sites is 1. The molecule has 0 unspecified atom stereocenters. The number of anilines is 2. The fraction of sp³-hybridized carbons (Fsp3) is 0.500. The number of methoxy groups -OCH3 is 2. The first-order chi connectivity index (χ1) is 18.4. The van der Waals surface area contributed by atoms with Crippen molar-refractivity contribution in [2.75, 3.05) is 50.6 Å². The molecule has 1 aromatic heterocycles. The van der Waals surface area contributed by atoms with Gasteiger partial charge in [-0.25, -0.2) is 18.1 Å². The maximum atomic E-state index is 13.0. The lowest BCUT2D eigenvalue weighted by molar-refractivity contribution is 0.284. The van der Waals surface area contributed by atoms with E-state index >= 15 is 0 Å². The van der Waals surface area contributed by atoms with Gasteiger partial charge in [0.25, 0.3) is 0 Å². The summed E-state index contributed by atoms with van der Waals surface area (Å²) in [6.45, 7) is 7.25. The van der Waals surface area contributed by atoms with Gasteiger partial charge in [0.1, 0.15) is 22.2 Å². The Balaban J connectivity index is 1.32. The fourth-order valence-electron chi connectivity index (χ4n) is 5.08. The van der Waals surface area contributed by atoms with Gasteiger partial charge in [0, 0.05) is 37.6 Å². The quantitative estimate of drug-likeness (QED) is 0.340. The van der Waals surface area contributed by atoms with Crippen molar-refractivity contribution in [3.8, 4) is 11.5 Å². The summed E-state index contributed by atoms with van der Waals surface area (Å²) in [5, 5.41) is 4.55. The van der Waals surface area contributed by atoms with E-state index < -0.39 is 10.0 Å². The fourth-order valence-corrected chi connectivity index (χ4v) is 6.38. The predicted molar refractivity (Wildman–Crippen MR) is 152 cm³/mol. The van der Waals surface area contributed by atoms with Gasteiger partial charge < -0.3 is 19.7 Å². The largest absolute Gasteiger partial charge is 0.497 e. The maximum Gasteiger partial charge on any atom is 0.244 e. The summed E-state index contributed by atoms with van der Waals surface area (Å²) in [5.41, 5.74) is 0.940. The SMILES string of the molecule is CCN(CC)c1nc(NCC2CCC(CNS(=O)(=O)c3cc(OC)ccc3OC)CC2)nc2ccccc12. The van der Waals surface area contributed by atoms with E-state index in [1.54, 1.807) is 12.1 Å². The lowest BCUT2D eigenvalue weighted by Gasteiger charge is -2.29. The van der Waals surface area contributed by atoms with Gasteiger partial charge in [-0.05, 0) is 75.6 Å². The van der Waals surface area contributed by atoms with Crippen LogP contribution in [-0.4, -0.2) is 58.8 Å². The molecule has 0 bridgehead atoms. The van der Waals surface area contributed by atoms with Gasteiger partial charge in [0.05, 0.1) is 19.7 Å². The molecule has 4 rings (SSSR count). The minimum atomic E-state index is -3.72. The normalized spacial score (nSPS) is 17.8. The van der Waals surface area contributed by atoms with E-state index in [2.05, 4.69) is 34.9 Å². The van der Waals surface area contributed by atoms with Crippen LogP contribution in [0, 0.1) is 11.8 Å². The standard InChI is InChI=1S/C28H39N5O4S/c1-5-33(6-2)27-23-9-7-8-10-24(23)31-28(32-27)29-18-20-11-13-21(14-12-20)19-30-38(34,35)26-17-22(36-3)15-16-25(26)37-4/h7-10,15-17,20-21,30H,5-6,11-14,18-19H2,1-4H3,(H,29,31,32). The second kappa shape index (κ2) is 12.6. The molecule has 10 heteroatoms. The number of hydrogen-bond acceptors (Lipinski definition) is 8. The zero-order valence-electron chi connectivity index (χ0n) is 22.7. The van der Waals surface area contributed by atoms with E-state index in [4.69, 9.17) is 19.4 Å². The van der Waals surface area contributed by atoms with E-state index in [0.717, 1.165) is 62.0 Å². The summed E-state index contributed by atoms with van der Waals surface area (Å²) in [6, 6.07) is 12.9. The van der Waals surface area contributed by atoms with Crippen LogP contribution >= 0.6 is 0 Å². The molecule has 1 aliphatic rings. The molecular weight excluding hydrogens is 502 g/mol. The number of fused-ring (bicyclic) bond motifs is 1. The Labute approximate surface area is 226 Å². The summed E-state index contributed by atoms with van der Waals surface area (Å²) in [4.78, 5) is 12.0. The third-order valence-electron chi connectivity index (χ3n) is 7.38. The summed E-state index contributed by atoms with van der Waals surface area (Å²) in [6.07, 6.45) is 3.98.